The van der Waals surface area contributed by atoms with Crippen molar-refractivity contribution in [1.29, 1.82) is 0 Å². The molecule has 2 aliphatic rings. The van der Waals surface area contributed by atoms with Crippen molar-refractivity contribution in [2.75, 3.05) is 0 Å². The fourth-order valence-corrected chi connectivity index (χ4v) is 9.75. The number of hydrogen-bond acceptors (Lipinski definition) is 3. The van der Waals surface area contributed by atoms with Gasteiger partial charge in [-0.3, -0.25) is 0 Å². The fraction of sp³-hybridized carbons (Fsp3) is 0.118. The predicted molar refractivity (Wildman–Crippen MR) is 224 cm³/mol. The van der Waals surface area contributed by atoms with Crippen molar-refractivity contribution in [3.63, 3.8) is 0 Å². The Bertz CT molecular complexity index is 3040. The highest BCUT2D eigenvalue weighted by atomic mass is 15.0. The number of nitrogens with zero attached hydrogens (tertiary/aromatic N) is 3. The zero-order valence-electron chi connectivity index (χ0n) is 30.8. The van der Waals surface area contributed by atoms with Crippen LogP contribution in [0.4, 0.5) is 0 Å². The molecule has 8 aromatic carbocycles. The van der Waals surface area contributed by atoms with E-state index in [-0.39, 0.29) is 10.8 Å². The van der Waals surface area contributed by atoms with Gasteiger partial charge < -0.3 is 0 Å². The third-order valence-corrected chi connectivity index (χ3v) is 12.3. The van der Waals surface area contributed by atoms with Crippen molar-refractivity contribution in [3.05, 3.63) is 174 Å². The molecule has 1 heterocycles. The Balaban J connectivity index is 1.15. The summed E-state index contributed by atoms with van der Waals surface area (Å²) in [4.78, 5) is 15.6. The minimum Gasteiger partial charge on any atom is -0.208 e. The van der Waals surface area contributed by atoms with Crippen LogP contribution >= 0.6 is 0 Å². The van der Waals surface area contributed by atoms with E-state index in [2.05, 4.69) is 161 Å². The molecule has 1 aromatic heterocycles. The molecule has 11 rings (SSSR count). The minimum absolute atomic E-state index is 0.0951. The molecule has 0 amide bonds. The first kappa shape index (κ1) is 31.1. The van der Waals surface area contributed by atoms with E-state index < -0.39 is 0 Å². The summed E-state index contributed by atoms with van der Waals surface area (Å²) in [5.74, 6) is 2.02. The minimum atomic E-state index is -0.122. The lowest BCUT2D eigenvalue weighted by Crippen LogP contribution is -2.15. The van der Waals surface area contributed by atoms with Crippen LogP contribution in [0.3, 0.4) is 0 Å². The lowest BCUT2D eigenvalue weighted by Gasteiger charge is -2.24. The van der Waals surface area contributed by atoms with Crippen molar-refractivity contribution in [2.24, 2.45) is 0 Å². The molecule has 0 spiro atoms. The molecule has 256 valence electrons. The number of aromatic nitrogens is 3. The van der Waals surface area contributed by atoms with Gasteiger partial charge in [0.1, 0.15) is 0 Å². The van der Waals surface area contributed by atoms with E-state index in [0.717, 1.165) is 22.1 Å². The van der Waals surface area contributed by atoms with Crippen LogP contribution in [-0.2, 0) is 10.8 Å². The Kier molecular flexibility index (Phi) is 6.36. The number of fused-ring (bicyclic) bond motifs is 13. The van der Waals surface area contributed by atoms with Crippen molar-refractivity contribution < 1.29 is 0 Å². The van der Waals surface area contributed by atoms with E-state index in [1.165, 1.54) is 71.4 Å². The van der Waals surface area contributed by atoms with Crippen molar-refractivity contribution in [1.82, 2.24) is 15.0 Å². The first-order chi connectivity index (χ1) is 26.3. The lowest BCUT2D eigenvalue weighted by molar-refractivity contribution is 0.660. The van der Waals surface area contributed by atoms with Crippen LogP contribution in [-0.4, -0.2) is 15.0 Å². The first-order valence-electron chi connectivity index (χ1n) is 18.9. The molecule has 2 aliphatic carbocycles. The van der Waals surface area contributed by atoms with Crippen LogP contribution in [0.1, 0.15) is 49.9 Å². The third-order valence-electron chi connectivity index (χ3n) is 12.3. The zero-order valence-corrected chi connectivity index (χ0v) is 30.8. The normalized spacial score (nSPS) is 14.6. The summed E-state index contributed by atoms with van der Waals surface area (Å²) in [5.41, 5.74) is 13.4. The van der Waals surface area contributed by atoms with Crippen molar-refractivity contribution >= 4 is 32.3 Å². The van der Waals surface area contributed by atoms with Crippen LogP contribution in [0.5, 0.6) is 0 Å². The van der Waals surface area contributed by atoms with Crippen molar-refractivity contribution in [3.8, 4) is 56.4 Å². The summed E-state index contributed by atoms with van der Waals surface area (Å²) >= 11 is 0. The highest BCUT2D eigenvalue weighted by molar-refractivity contribution is 6.26. The van der Waals surface area contributed by atoms with Gasteiger partial charge in [-0.1, -0.05) is 173 Å². The second-order valence-electron chi connectivity index (χ2n) is 16.0. The van der Waals surface area contributed by atoms with E-state index in [0.29, 0.717) is 17.5 Å². The molecule has 3 heteroatoms. The molecule has 54 heavy (non-hydrogen) atoms. The largest absolute Gasteiger partial charge is 0.208 e. The van der Waals surface area contributed by atoms with E-state index >= 15 is 0 Å². The Labute approximate surface area is 315 Å². The smallest absolute Gasteiger partial charge is 0.164 e. The number of rotatable bonds is 3. The van der Waals surface area contributed by atoms with Gasteiger partial charge >= 0.3 is 0 Å². The second kappa shape index (κ2) is 11.0. The van der Waals surface area contributed by atoms with Crippen LogP contribution in [0, 0.1) is 0 Å². The molecule has 0 unspecified atom stereocenters. The van der Waals surface area contributed by atoms with Gasteiger partial charge in [0, 0.05) is 27.5 Å². The van der Waals surface area contributed by atoms with E-state index in [1.54, 1.807) is 0 Å². The SMILES string of the molecule is CC1(C)c2ccccc2-c2c(-c3nc(-c4ccccc4)nc(-c4ccc5c(ccc6c7c(c8ccccc8c65)C(C)(C)c5ccccc5-7)c4)n3)cccc21. The Morgan fingerprint density at radius 1 is 0.370 bits per heavy atom. The molecule has 0 radical (unpaired) electrons. The summed E-state index contributed by atoms with van der Waals surface area (Å²) in [6.07, 6.45) is 0. The van der Waals surface area contributed by atoms with Crippen molar-refractivity contribution in [2.45, 2.75) is 38.5 Å². The summed E-state index contributed by atoms with van der Waals surface area (Å²) in [6, 6.07) is 54.9. The highest BCUT2D eigenvalue weighted by Crippen LogP contribution is 2.55. The maximum absolute atomic E-state index is 5.28. The number of benzene rings is 8. The van der Waals surface area contributed by atoms with Crippen LogP contribution < -0.4 is 0 Å². The summed E-state index contributed by atoms with van der Waals surface area (Å²) in [5, 5.41) is 7.61. The molecule has 0 N–H and O–H groups in total. The third kappa shape index (κ3) is 4.21. The second-order valence-corrected chi connectivity index (χ2v) is 16.0. The average Bonchev–Trinajstić information content (AvgIpc) is 3.61. The molecule has 0 atom stereocenters. The molecule has 0 saturated heterocycles. The summed E-state index contributed by atoms with van der Waals surface area (Å²) in [6.45, 7) is 9.37. The van der Waals surface area contributed by atoms with Gasteiger partial charge in [0.25, 0.3) is 0 Å². The molecule has 0 saturated carbocycles. The molecule has 0 bridgehead atoms. The van der Waals surface area contributed by atoms with Gasteiger partial charge in [0.2, 0.25) is 0 Å². The highest BCUT2D eigenvalue weighted by Gasteiger charge is 2.39. The monoisotopic (exact) mass is 691 g/mol. The number of hydrogen-bond donors (Lipinski definition) is 0. The molecule has 3 nitrogen and oxygen atoms in total. The van der Waals surface area contributed by atoms with E-state index in [4.69, 9.17) is 15.0 Å². The van der Waals surface area contributed by atoms with Gasteiger partial charge in [-0.05, 0) is 82.9 Å². The molecule has 0 fully saturated rings. The quantitative estimate of drug-likeness (QED) is 0.173. The Morgan fingerprint density at radius 2 is 0.944 bits per heavy atom. The topological polar surface area (TPSA) is 38.7 Å². The van der Waals surface area contributed by atoms with Crippen LogP contribution in [0.15, 0.2) is 152 Å². The molecular formula is C51H37N3. The van der Waals surface area contributed by atoms with Crippen LogP contribution in [0.25, 0.3) is 88.7 Å². The average molecular weight is 692 g/mol. The first-order valence-corrected chi connectivity index (χ1v) is 18.9. The van der Waals surface area contributed by atoms with Gasteiger partial charge in [-0.15, -0.1) is 0 Å². The van der Waals surface area contributed by atoms with Gasteiger partial charge in [0.05, 0.1) is 0 Å². The van der Waals surface area contributed by atoms with Gasteiger partial charge in [-0.25, -0.2) is 15.0 Å². The standard InChI is InChI=1S/C51H37N3/c1-50(2)40-22-12-10-19-36(40)44-39(21-14-24-42(44)50)49-53-47(30-15-6-5-7-16-30)52-48(54-49)32-26-27-33-31(29-32)25-28-38-43(33)34-17-8-9-18-35(34)46-45(38)37-20-11-13-23-41(37)51(46,3)4/h5-29H,1-4H3. The molecule has 9 aromatic rings. The van der Waals surface area contributed by atoms with E-state index in [9.17, 15) is 0 Å². The molecule has 0 aliphatic heterocycles. The van der Waals surface area contributed by atoms with Gasteiger partial charge in [0.15, 0.2) is 17.5 Å². The molecular weight excluding hydrogens is 655 g/mol. The summed E-state index contributed by atoms with van der Waals surface area (Å²) < 4.78 is 0. The fourth-order valence-electron chi connectivity index (χ4n) is 9.75. The Hall–Kier alpha value is -6.45. The Morgan fingerprint density at radius 3 is 1.72 bits per heavy atom. The lowest BCUT2D eigenvalue weighted by atomic mass is 9.79. The van der Waals surface area contributed by atoms with Crippen LogP contribution in [0.2, 0.25) is 0 Å². The summed E-state index contributed by atoms with van der Waals surface area (Å²) in [7, 11) is 0. The zero-order chi connectivity index (χ0) is 36.3. The maximum Gasteiger partial charge on any atom is 0.164 e. The maximum atomic E-state index is 5.28. The predicted octanol–water partition coefficient (Wildman–Crippen LogP) is 12.9. The van der Waals surface area contributed by atoms with Gasteiger partial charge in [-0.2, -0.15) is 0 Å². The van der Waals surface area contributed by atoms with E-state index in [1.807, 2.05) is 18.2 Å².